The lowest BCUT2D eigenvalue weighted by atomic mass is 9.71. The van der Waals surface area contributed by atoms with E-state index in [1.54, 1.807) is 31.2 Å². The Bertz CT molecular complexity index is 1440. The Morgan fingerprint density at radius 3 is 1.98 bits per heavy atom. The molecule has 40 heavy (non-hydrogen) atoms. The van der Waals surface area contributed by atoms with Gasteiger partial charge in [0.15, 0.2) is 5.11 Å². The quantitative estimate of drug-likeness (QED) is 0.281. The van der Waals surface area contributed by atoms with E-state index >= 15 is 0 Å². The molecule has 0 aromatic heterocycles. The second-order valence-electron chi connectivity index (χ2n) is 9.53. The van der Waals surface area contributed by atoms with Gasteiger partial charge in [-0.05, 0) is 54.5 Å². The molecule has 10 heteroatoms. The fourth-order valence-corrected chi connectivity index (χ4v) is 6.50. The largest absolute Gasteiger partial charge is 0.467 e. The number of likely N-dealkylation sites (tertiary alicyclic amines) is 2. The number of rotatable bonds is 5. The van der Waals surface area contributed by atoms with Gasteiger partial charge in [-0.1, -0.05) is 72.3 Å². The molecule has 2 unspecified atom stereocenters. The predicted molar refractivity (Wildman–Crippen MR) is 152 cm³/mol. The van der Waals surface area contributed by atoms with E-state index in [-0.39, 0.29) is 17.2 Å². The highest BCUT2D eigenvalue weighted by Gasteiger charge is 2.72. The zero-order chi connectivity index (χ0) is 28.6. The zero-order valence-electron chi connectivity index (χ0n) is 21.7. The van der Waals surface area contributed by atoms with Crippen LogP contribution >= 0.6 is 23.8 Å². The van der Waals surface area contributed by atoms with Gasteiger partial charge in [-0.2, -0.15) is 0 Å². The first kappa shape index (κ1) is 27.5. The molecule has 0 saturated carbocycles. The fourth-order valence-electron chi connectivity index (χ4n) is 6.03. The minimum absolute atomic E-state index is 0.124. The fraction of sp³-hybridized carbons (Fsp3) is 0.233. The summed E-state index contributed by atoms with van der Waals surface area (Å²) in [5.41, 5.74) is 0.122. The molecule has 0 bridgehead atoms. The summed E-state index contributed by atoms with van der Waals surface area (Å²) in [4.78, 5) is 57.4. The van der Waals surface area contributed by atoms with Crippen LogP contribution in [0.25, 0.3) is 0 Å². The highest BCUT2D eigenvalue weighted by Crippen LogP contribution is 2.57. The first-order valence-corrected chi connectivity index (χ1v) is 13.5. The topological polar surface area (TPSA) is 96.0 Å². The van der Waals surface area contributed by atoms with E-state index in [4.69, 9.17) is 28.6 Å². The van der Waals surface area contributed by atoms with Crippen molar-refractivity contribution in [3.05, 3.63) is 107 Å². The molecule has 0 spiro atoms. The normalized spacial score (nSPS) is 21.2. The van der Waals surface area contributed by atoms with Crippen LogP contribution in [0, 0.1) is 11.8 Å². The molecule has 3 atom stereocenters. The average molecular weight is 576 g/mol. The summed E-state index contributed by atoms with van der Waals surface area (Å²) >= 11 is 11.8. The Hall–Kier alpha value is -4.08. The molecule has 2 aliphatic heterocycles. The third-order valence-corrected chi connectivity index (χ3v) is 8.17. The van der Waals surface area contributed by atoms with E-state index in [9.17, 15) is 19.2 Å². The number of fused-ring (bicyclic) bond motifs is 1. The van der Waals surface area contributed by atoms with Crippen LogP contribution < -0.4 is 5.32 Å². The first-order valence-electron chi connectivity index (χ1n) is 12.7. The van der Waals surface area contributed by atoms with Crippen LogP contribution in [-0.4, -0.2) is 58.3 Å². The molecule has 3 aromatic carbocycles. The second kappa shape index (κ2) is 10.8. The van der Waals surface area contributed by atoms with Crippen LogP contribution in [0.2, 0.25) is 5.02 Å². The van der Waals surface area contributed by atoms with Crippen LogP contribution in [0.3, 0.4) is 0 Å². The number of hydrogen-bond acceptors (Lipinski definition) is 6. The number of carbonyl (C=O) groups excluding carboxylic acids is 4. The van der Waals surface area contributed by atoms with Crippen LogP contribution in [0.5, 0.6) is 0 Å². The molecule has 0 radical (unpaired) electrons. The van der Waals surface area contributed by atoms with Gasteiger partial charge < -0.3 is 9.64 Å². The molecule has 5 rings (SSSR count). The van der Waals surface area contributed by atoms with Crippen molar-refractivity contribution in [3.8, 4) is 0 Å². The molecule has 2 aliphatic rings. The van der Waals surface area contributed by atoms with E-state index in [0.717, 1.165) is 0 Å². The van der Waals surface area contributed by atoms with Gasteiger partial charge in [-0.15, -0.1) is 0 Å². The molecule has 8 nitrogen and oxygen atoms in total. The van der Waals surface area contributed by atoms with Gasteiger partial charge in [0.25, 0.3) is 5.91 Å². The van der Waals surface area contributed by atoms with Crippen molar-refractivity contribution in [2.45, 2.75) is 18.5 Å². The highest BCUT2D eigenvalue weighted by molar-refractivity contribution is 7.80. The Morgan fingerprint density at radius 2 is 1.48 bits per heavy atom. The smallest absolute Gasteiger partial charge is 0.329 e. The summed E-state index contributed by atoms with van der Waals surface area (Å²) in [6, 6.07) is 23.2. The lowest BCUT2D eigenvalue weighted by molar-refractivity contribution is -0.151. The SMILES string of the molecule is CCN1C(=O)C2C(C1=O)C(c1ccccc1)(c1ccccc1)N(C(=S)NC(=O)c1ccc(Cl)cc1)[C@H]2C(=O)OC. The molecule has 3 amide bonds. The minimum Gasteiger partial charge on any atom is -0.467 e. The molecular weight excluding hydrogens is 550 g/mol. The van der Waals surface area contributed by atoms with Crippen molar-refractivity contribution in [1.82, 2.24) is 15.1 Å². The number of ether oxygens (including phenoxy) is 1. The molecule has 2 fully saturated rings. The Labute approximate surface area is 241 Å². The number of benzene rings is 3. The maximum atomic E-state index is 14.1. The number of nitrogens with one attached hydrogen (secondary N) is 1. The monoisotopic (exact) mass is 575 g/mol. The summed E-state index contributed by atoms with van der Waals surface area (Å²) in [6.45, 7) is 1.86. The van der Waals surface area contributed by atoms with E-state index in [2.05, 4.69) is 5.32 Å². The summed E-state index contributed by atoms with van der Waals surface area (Å²) in [6.07, 6.45) is 0. The van der Waals surface area contributed by atoms with Gasteiger partial charge in [-0.25, -0.2) is 4.79 Å². The third-order valence-electron chi connectivity index (χ3n) is 7.62. The minimum atomic E-state index is -1.42. The van der Waals surface area contributed by atoms with Crippen molar-refractivity contribution in [2.24, 2.45) is 11.8 Å². The average Bonchev–Trinajstić information content (AvgIpc) is 3.43. The van der Waals surface area contributed by atoms with Gasteiger partial charge in [0.1, 0.15) is 11.6 Å². The molecule has 2 saturated heterocycles. The van der Waals surface area contributed by atoms with Crippen LogP contribution in [0.15, 0.2) is 84.9 Å². The summed E-state index contributed by atoms with van der Waals surface area (Å²) in [5.74, 6) is -4.33. The third kappa shape index (κ3) is 4.17. The number of esters is 1. The van der Waals surface area contributed by atoms with Gasteiger partial charge >= 0.3 is 5.97 Å². The number of carbonyl (C=O) groups is 4. The molecule has 204 valence electrons. The van der Waals surface area contributed by atoms with Crippen molar-refractivity contribution in [1.29, 1.82) is 0 Å². The van der Waals surface area contributed by atoms with E-state index < -0.39 is 47.1 Å². The molecular formula is C30H26ClN3O5S. The molecule has 3 aromatic rings. The van der Waals surface area contributed by atoms with Gasteiger partial charge in [0.2, 0.25) is 11.8 Å². The number of nitrogens with zero attached hydrogens (tertiary/aromatic N) is 2. The number of amides is 3. The summed E-state index contributed by atoms with van der Waals surface area (Å²) in [5, 5.41) is 3.07. The molecule has 0 aliphatic carbocycles. The van der Waals surface area contributed by atoms with E-state index in [0.29, 0.717) is 16.1 Å². The predicted octanol–water partition coefficient (Wildman–Crippen LogP) is 3.78. The standard InChI is InChI=1S/C30H26ClN3O5S/c1-3-33-26(36)22-23(27(33)37)30(19-10-6-4-7-11-19,20-12-8-5-9-13-20)34(24(22)28(38)39-2)29(40)32-25(35)18-14-16-21(31)17-15-18/h4-17,22-24H,3H2,1-2H3,(H,32,35,40)/t22?,23?,24-/m1/s1. The number of thiocarbonyl (C=S) groups is 1. The van der Waals surface area contributed by atoms with Crippen molar-refractivity contribution in [2.75, 3.05) is 13.7 Å². The van der Waals surface area contributed by atoms with Crippen molar-refractivity contribution >= 4 is 52.6 Å². The second-order valence-corrected chi connectivity index (χ2v) is 10.3. The van der Waals surface area contributed by atoms with Crippen molar-refractivity contribution in [3.63, 3.8) is 0 Å². The van der Waals surface area contributed by atoms with Gasteiger partial charge in [-0.3, -0.25) is 24.6 Å². The van der Waals surface area contributed by atoms with Crippen LogP contribution in [0.1, 0.15) is 28.4 Å². The number of halogens is 1. The van der Waals surface area contributed by atoms with Gasteiger partial charge in [0, 0.05) is 17.1 Å². The molecule has 2 heterocycles. The lowest BCUT2D eigenvalue weighted by Gasteiger charge is -2.45. The van der Waals surface area contributed by atoms with Crippen LogP contribution in [0.4, 0.5) is 0 Å². The first-order chi connectivity index (χ1) is 19.3. The highest BCUT2D eigenvalue weighted by atomic mass is 35.5. The van der Waals surface area contributed by atoms with E-state index in [1.807, 2.05) is 60.7 Å². The summed E-state index contributed by atoms with van der Waals surface area (Å²) in [7, 11) is 1.22. The van der Waals surface area contributed by atoms with E-state index in [1.165, 1.54) is 16.9 Å². The van der Waals surface area contributed by atoms with Crippen molar-refractivity contribution < 1.29 is 23.9 Å². The number of hydrogen-bond donors (Lipinski definition) is 1. The number of methoxy groups -OCH3 is 1. The zero-order valence-corrected chi connectivity index (χ0v) is 23.3. The van der Waals surface area contributed by atoms with Gasteiger partial charge in [0.05, 0.1) is 18.9 Å². The maximum absolute atomic E-state index is 14.1. The number of imide groups is 1. The summed E-state index contributed by atoms with van der Waals surface area (Å²) < 4.78 is 5.19. The Kier molecular flexibility index (Phi) is 7.44. The maximum Gasteiger partial charge on any atom is 0.329 e. The Balaban J connectivity index is 1.77. The Morgan fingerprint density at radius 1 is 0.925 bits per heavy atom. The van der Waals surface area contributed by atoms with Crippen LogP contribution in [-0.2, 0) is 24.7 Å². The molecule has 1 N–H and O–H groups in total. The lowest BCUT2D eigenvalue weighted by Crippen LogP contribution is -2.59.